The molecule has 0 aliphatic heterocycles. The van der Waals surface area contributed by atoms with Crippen molar-refractivity contribution in [1.82, 2.24) is 10.2 Å². The molecular weight excluding hydrogens is 344 g/mol. The van der Waals surface area contributed by atoms with Crippen LogP contribution in [0.1, 0.15) is 0 Å². The highest BCUT2D eigenvalue weighted by molar-refractivity contribution is 9.11. The normalized spacial score (nSPS) is 10.3. The third-order valence-electron chi connectivity index (χ3n) is 1.80. The third kappa shape index (κ3) is 2.38. The standard InChI is InChI=1S/C9H6Br2N2OS/c1-14-5-2-3-7(10)6(4-5)8-12-13-9(11)15-8/h2-4H,1H3. The van der Waals surface area contributed by atoms with Crippen LogP contribution in [0.5, 0.6) is 5.75 Å². The molecule has 0 saturated heterocycles. The van der Waals surface area contributed by atoms with Crippen molar-refractivity contribution in [3.63, 3.8) is 0 Å². The fourth-order valence-electron chi connectivity index (χ4n) is 1.11. The van der Waals surface area contributed by atoms with Gasteiger partial charge in [0.15, 0.2) is 3.92 Å². The minimum Gasteiger partial charge on any atom is -0.497 e. The van der Waals surface area contributed by atoms with Crippen LogP contribution in [-0.2, 0) is 0 Å². The summed E-state index contributed by atoms with van der Waals surface area (Å²) in [5.41, 5.74) is 0.984. The largest absolute Gasteiger partial charge is 0.497 e. The molecular formula is C9H6Br2N2OS. The van der Waals surface area contributed by atoms with Gasteiger partial charge in [-0.15, -0.1) is 10.2 Å². The molecule has 6 heteroatoms. The van der Waals surface area contributed by atoms with Gasteiger partial charge in [0.25, 0.3) is 0 Å². The Hall–Kier alpha value is -0.460. The lowest BCUT2D eigenvalue weighted by Gasteiger charge is -2.03. The molecule has 3 nitrogen and oxygen atoms in total. The number of hydrogen-bond acceptors (Lipinski definition) is 4. The lowest BCUT2D eigenvalue weighted by molar-refractivity contribution is 0.415. The molecule has 0 fully saturated rings. The summed E-state index contributed by atoms with van der Waals surface area (Å²) in [5, 5.41) is 8.83. The van der Waals surface area contributed by atoms with Gasteiger partial charge in [0.2, 0.25) is 0 Å². The lowest BCUT2D eigenvalue weighted by atomic mass is 10.2. The molecule has 0 N–H and O–H groups in total. The summed E-state index contributed by atoms with van der Waals surface area (Å²) in [5.74, 6) is 0.805. The van der Waals surface area contributed by atoms with E-state index in [0.717, 1.165) is 24.7 Å². The lowest BCUT2D eigenvalue weighted by Crippen LogP contribution is -1.85. The predicted molar refractivity (Wildman–Crippen MR) is 67.3 cm³/mol. The van der Waals surface area contributed by atoms with Gasteiger partial charge in [0.1, 0.15) is 10.8 Å². The predicted octanol–water partition coefficient (Wildman–Crippen LogP) is 3.74. The Morgan fingerprint density at radius 2 is 2.07 bits per heavy atom. The van der Waals surface area contributed by atoms with Crippen LogP contribution in [0.25, 0.3) is 10.6 Å². The highest BCUT2D eigenvalue weighted by atomic mass is 79.9. The van der Waals surface area contributed by atoms with Crippen molar-refractivity contribution in [3.05, 3.63) is 26.6 Å². The van der Waals surface area contributed by atoms with Crippen LogP contribution in [0.15, 0.2) is 26.6 Å². The van der Waals surface area contributed by atoms with Gasteiger partial charge in [0.05, 0.1) is 7.11 Å². The van der Waals surface area contributed by atoms with Gasteiger partial charge in [0, 0.05) is 10.0 Å². The molecule has 1 heterocycles. The van der Waals surface area contributed by atoms with E-state index >= 15 is 0 Å². The first kappa shape index (κ1) is 11.0. The van der Waals surface area contributed by atoms with Crippen LogP contribution >= 0.6 is 43.2 Å². The summed E-state index contributed by atoms with van der Waals surface area (Å²) in [4.78, 5) is 0. The number of aromatic nitrogens is 2. The van der Waals surface area contributed by atoms with E-state index in [1.165, 1.54) is 11.3 Å². The van der Waals surface area contributed by atoms with Gasteiger partial charge >= 0.3 is 0 Å². The molecule has 0 spiro atoms. The SMILES string of the molecule is COc1ccc(Br)c(-c2nnc(Br)s2)c1. The summed E-state index contributed by atoms with van der Waals surface area (Å²) in [7, 11) is 1.64. The maximum absolute atomic E-state index is 5.16. The zero-order chi connectivity index (χ0) is 10.8. The Bertz CT molecular complexity index is 487. The molecule has 0 radical (unpaired) electrons. The minimum atomic E-state index is 0.771. The topological polar surface area (TPSA) is 35.0 Å². The molecule has 0 saturated carbocycles. The Morgan fingerprint density at radius 3 is 2.67 bits per heavy atom. The number of methoxy groups -OCH3 is 1. The average Bonchev–Trinajstić information content (AvgIpc) is 2.65. The molecule has 0 bridgehead atoms. The van der Waals surface area contributed by atoms with Crippen molar-refractivity contribution in [2.24, 2.45) is 0 Å². The van der Waals surface area contributed by atoms with E-state index in [1.54, 1.807) is 7.11 Å². The maximum Gasteiger partial charge on any atom is 0.183 e. The highest BCUT2D eigenvalue weighted by Crippen LogP contribution is 2.34. The maximum atomic E-state index is 5.16. The van der Waals surface area contributed by atoms with Gasteiger partial charge < -0.3 is 4.74 Å². The fourth-order valence-corrected chi connectivity index (χ4v) is 2.82. The second kappa shape index (κ2) is 4.59. The molecule has 2 aromatic rings. The molecule has 1 aromatic carbocycles. The third-order valence-corrected chi connectivity index (χ3v) is 3.88. The first-order chi connectivity index (χ1) is 7.20. The quantitative estimate of drug-likeness (QED) is 0.828. The van der Waals surface area contributed by atoms with Crippen molar-refractivity contribution in [3.8, 4) is 16.3 Å². The number of halogens is 2. The number of hydrogen-bond donors (Lipinski definition) is 0. The van der Waals surface area contributed by atoms with Crippen LogP contribution in [0.2, 0.25) is 0 Å². The van der Waals surface area contributed by atoms with Crippen molar-refractivity contribution < 1.29 is 4.74 Å². The minimum absolute atomic E-state index is 0.771. The number of benzene rings is 1. The van der Waals surface area contributed by atoms with Crippen molar-refractivity contribution in [2.75, 3.05) is 7.11 Å². The number of rotatable bonds is 2. The Morgan fingerprint density at radius 1 is 1.27 bits per heavy atom. The van der Waals surface area contributed by atoms with E-state index in [9.17, 15) is 0 Å². The van der Waals surface area contributed by atoms with E-state index in [0.29, 0.717) is 0 Å². The first-order valence-corrected chi connectivity index (χ1v) is 6.44. The van der Waals surface area contributed by atoms with Gasteiger partial charge in [-0.25, -0.2) is 0 Å². The van der Waals surface area contributed by atoms with Crippen LogP contribution < -0.4 is 4.74 Å². The van der Waals surface area contributed by atoms with E-state index in [2.05, 4.69) is 42.1 Å². The molecule has 0 unspecified atom stereocenters. The zero-order valence-electron chi connectivity index (χ0n) is 7.70. The summed E-state index contributed by atoms with van der Waals surface area (Å²) < 4.78 is 6.91. The van der Waals surface area contributed by atoms with Gasteiger partial charge in [-0.1, -0.05) is 27.3 Å². The Labute approximate surface area is 108 Å². The molecule has 2 rings (SSSR count). The summed E-state index contributed by atoms with van der Waals surface area (Å²) in [6.45, 7) is 0. The second-order valence-electron chi connectivity index (χ2n) is 2.71. The Kier molecular flexibility index (Phi) is 3.38. The molecule has 1 aromatic heterocycles. The molecule has 0 aliphatic rings. The average molecular weight is 350 g/mol. The van der Waals surface area contributed by atoms with Gasteiger partial charge in [-0.05, 0) is 34.1 Å². The molecule has 15 heavy (non-hydrogen) atoms. The molecule has 0 aliphatic carbocycles. The van der Waals surface area contributed by atoms with Crippen molar-refractivity contribution in [2.45, 2.75) is 0 Å². The first-order valence-electron chi connectivity index (χ1n) is 4.03. The Balaban J connectivity index is 2.51. The molecule has 78 valence electrons. The van der Waals surface area contributed by atoms with Crippen molar-refractivity contribution >= 4 is 43.2 Å². The molecule has 0 atom stereocenters. The van der Waals surface area contributed by atoms with E-state index < -0.39 is 0 Å². The zero-order valence-corrected chi connectivity index (χ0v) is 11.7. The van der Waals surface area contributed by atoms with Crippen LogP contribution in [0, 0.1) is 0 Å². The summed E-state index contributed by atoms with van der Waals surface area (Å²) in [6, 6.07) is 5.75. The monoisotopic (exact) mass is 348 g/mol. The van der Waals surface area contributed by atoms with E-state index in [-0.39, 0.29) is 0 Å². The smallest absolute Gasteiger partial charge is 0.183 e. The highest BCUT2D eigenvalue weighted by Gasteiger charge is 2.09. The fraction of sp³-hybridized carbons (Fsp3) is 0.111. The van der Waals surface area contributed by atoms with Crippen LogP contribution in [-0.4, -0.2) is 17.3 Å². The van der Waals surface area contributed by atoms with Crippen LogP contribution in [0.4, 0.5) is 0 Å². The van der Waals surface area contributed by atoms with Crippen molar-refractivity contribution in [1.29, 1.82) is 0 Å². The van der Waals surface area contributed by atoms with E-state index in [4.69, 9.17) is 4.74 Å². The summed E-state index contributed by atoms with van der Waals surface area (Å²) >= 11 is 8.24. The van der Waals surface area contributed by atoms with Gasteiger partial charge in [-0.2, -0.15) is 0 Å². The van der Waals surface area contributed by atoms with Gasteiger partial charge in [-0.3, -0.25) is 0 Å². The number of ether oxygens (including phenoxy) is 1. The van der Waals surface area contributed by atoms with E-state index in [1.807, 2.05) is 18.2 Å². The second-order valence-corrected chi connectivity index (χ2v) is 5.81. The number of nitrogens with zero attached hydrogens (tertiary/aromatic N) is 2. The summed E-state index contributed by atoms with van der Waals surface area (Å²) in [6.07, 6.45) is 0. The molecule has 0 amide bonds. The van der Waals surface area contributed by atoms with Crippen LogP contribution in [0.3, 0.4) is 0 Å².